The van der Waals surface area contributed by atoms with Crippen LogP contribution in [0.3, 0.4) is 0 Å². The fraction of sp³-hybridized carbons (Fsp3) is 0.500. The highest BCUT2D eigenvalue weighted by atomic mass is 35.5. The minimum absolute atomic E-state index is 0.116. The number of pyridine rings is 1. The Balaban J connectivity index is 2.09. The van der Waals surface area contributed by atoms with Gasteiger partial charge in [0.2, 0.25) is 10.0 Å². The van der Waals surface area contributed by atoms with E-state index in [0.717, 1.165) is 31.3 Å². The third-order valence-electron chi connectivity index (χ3n) is 2.87. The van der Waals surface area contributed by atoms with E-state index in [4.69, 9.17) is 11.6 Å². The molecular weight excluding hydrogens is 267 g/mol. The molecule has 1 N–H and O–H groups in total. The van der Waals surface area contributed by atoms with Crippen LogP contribution in [0.2, 0.25) is 0 Å². The van der Waals surface area contributed by atoms with Gasteiger partial charge < -0.3 is 0 Å². The second-order valence-electron chi connectivity index (χ2n) is 4.30. The Morgan fingerprint density at radius 1 is 1.47 bits per heavy atom. The average molecular weight is 279 g/mol. The second kappa shape index (κ2) is 4.51. The van der Waals surface area contributed by atoms with Gasteiger partial charge in [0, 0.05) is 18.6 Å². The van der Waals surface area contributed by atoms with Crippen molar-refractivity contribution in [3.05, 3.63) is 24.3 Å². The number of nitrogens with zero attached hydrogens (tertiary/aromatic N) is 1. The Kier molecular flexibility index (Phi) is 3.38. The zero-order valence-corrected chi connectivity index (χ0v) is 10.6. The summed E-state index contributed by atoms with van der Waals surface area (Å²) in [5.41, 5.74) is -0.116. The molecule has 17 heavy (non-hydrogen) atoms. The van der Waals surface area contributed by atoms with E-state index >= 15 is 0 Å². The van der Waals surface area contributed by atoms with Crippen molar-refractivity contribution in [2.75, 3.05) is 12.4 Å². The quantitative estimate of drug-likeness (QED) is 0.831. The first-order valence-electron chi connectivity index (χ1n) is 5.14. The zero-order valence-electron chi connectivity index (χ0n) is 8.99. The van der Waals surface area contributed by atoms with Gasteiger partial charge >= 0.3 is 0 Å². The average Bonchev–Trinajstić information content (AvgIpc) is 3.07. The molecule has 0 unspecified atom stereocenters. The lowest BCUT2D eigenvalue weighted by atomic mass is 10.1. The summed E-state index contributed by atoms with van der Waals surface area (Å²) >= 11 is 5.75. The van der Waals surface area contributed by atoms with Gasteiger partial charge in [0.05, 0.1) is 6.20 Å². The lowest BCUT2D eigenvalue weighted by Gasteiger charge is -2.12. The van der Waals surface area contributed by atoms with Crippen LogP contribution >= 0.6 is 11.6 Å². The number of sulfonamides is 1. The molecule has 4 nitrogen and oxygen atoms in total. The van der Waals surface area contributed by atoms with Crippen molar-refractivity contribution in [3.63, 3.8) is 0 Å². The molecule has 2 rings (SSSR count). The van der Waals surface area contributed by atoms with Crippen molar-refractivity contribution >= 4 is 21.6 Å². The normalized spacial score (nSPS) is 18.0. The van der Waals surface area contributed by atoms with Crippen LogP contribution in [0.4, 0.5) is 4.39 Å². The van der Waals surface area contributed by atoms with Gasteiger partial charge in [-0.05, 0) is 24.3 Å². The first-order valence-corrected chi connectivity index (χ1v) is 7.15. The smallest absolute Gasteiger partial charge is 0.242 e. The van der Waals surface area contributed by atoms with Gasteiger partial charge in [-0.1, -0.05) is 0 Å². The Morgan fingerprint density at radius 2 is 2.18 bits per heavy atom. The highest BCUT2D eigenvalue weighted by Crippen LogP contribution is 2.46. The number of alkyl halides is 1. The third kappa shape index (κ3) is 2.94. The monoisotopic (exact) mass is 278 g/mol. The molecule has 7 heteroatoms. The fourth-order valence-corrected chi connectivity index (χ4v) is 2.90. The second-order valence-corrected chi connectivity index (χ2v) is 6.33. The minimum Gasteiger partial charge on any atom is -0.260 e. The van der Waals surface area contributed by atoms with E-state index in [1.807, 2.05) is 0 Å². The van der Waals surface area contributed by atoms with Gasteiger partial charge in [0.1, 0.15) is 10.7 Å². The van der Waals surface area contributed by atoms with Gasteiger partial charge in [-0.15, -0.1) is 11.6 Å². The molecule has 1 saturated carbocycles. The van der Waals surface area contributed by atoms with Crippen molar-refractivity contribution in [2.24, 2.45) is 5.41 Å². The maximum atomic E-state index is 12.9. The number of hydrogen-bond acceptors (Lipinski definition) is 3. The molecule has 1 fully saturated rings. The van der Waals surface area contributed by atoms with E-state index in [9.17, 15) is 12.8 Å². The molecular formula is C10H12ClFN2O2S. The highest BCUT2D eigenvalue weighted by molar-refractivity contribution is 7.89. The molecule has 1 aliphatic rings. The third-order valence-corrected chi connectivity index (χ3v) is 4.80. The molecule has 0 aliphatic heterocycles. The lowest BCUT2D eigenvalue weighted by Crippen LogP contribution is -2.31. The van der Waals surface area contributed by atoms with Crippen molar-refractivity contribution in [3.8, 4) is 0 Å². The maximum Gasteiger partial charge on any atom is 0.242 e. The number of hydrogen-bond donors (Lipinski definition) is 1. The van der Waals surface area contributed by atoms with Crippen LogP contribution < -0.4 is 4.72 Å². The minimum atomic E-state index is -3.70. The Morgan fingerprint density at radius 3 is 2.71 bits per heavy atom. The zero-order chi connectivity index (χ0) is 12.5. The predicted molar refractivity (Wildman–Crippen MR) is 61.8 cm³/mol. The van der Waals surface area contributed by atoms with Crippen molar-refractivity contribution in [2.45, 2.75) is 17.7 Å². The van der Waals surface area contributed by atoms with Crippen LogP contribution in [0.5, 0.6) is 0 Å². The first kappa shape index (κ1) is 12.7. The van der Waals surface area contributed by atoms with Gasteiger partial charge in [0.15, 0.2) is 0 Å². The number of rotatable bonds is 5. The Hall–Kier alpha value is -0.720. The predicted octanol–water partition coefficient (Wildman–Crippen LogP) is 1.52. The molecule has 0 aromatic carbocycles. The summed E-state index contributed by atoms with van der Waals surface area (Å²) in [6.45, 7) is 0.287. The van der Waals surface area contributed by atoms with E-state index in [2.05, 4.69) is 9.71 Å². The van der Waals surface area contributed by atoms with Gasteiger partial charge in [-0.25, -0.2) is 17.5 Å². The Bertz CT molecular complexity index is 517. The van der Waals surface area contributed by atoms with E-state index in [0.29, 0.717) is 5.88 Å². The highest BCUT2D eigenvalue weighted by Gasteiger charge is 2.42. The topological polar surface area (TPSA) is 59.1 Å². The largest absolute Gasteiger partial charge is 0.260 e. The number of halogens is 2. The molecule has 1 aliphatic carbocycles. The number of nitrogens with one attached hydrogen (secondary N) is 1. The molecule has 0 saturated heterocycles. The van der Waals surface area contributed by atoms with Crippen LogP contribution in [0.15, 0.2) is 23.4 Å². The molecule has 1 aromatic rings. The first-order chi connectivity index (χ1) is 7.97. The summed E-state index contributed by atoms with van der Waals surface area (Å²) in [4.78, 5) is 3.35. The van der Waals surface area contributed by atoms with Crippen LogP contribution in [0.1, 0.15) is 12.8 Å². The molecule has 0 spiro atoms. The summed E-state index contributed by atoms with van der Waals surface area (Å²) < 4.78 is 38.9. The summed E-state index contributed by atoms with van der Waals surface area (Å²) in [6, 6.07) is 0.940. The van der Waals surface area contributed by atoms with E-state index in [-0.39, 0.29) is 16.9 Å². The Labute approximate surface area is 104 Å². The molecule has 0 atom stereocenters. The van der Waals surface area contributed by atoms with Crippen molar-refractivity contribution in [1.29, 1.82) is 0 Å². The summed E-state index contributed by atoms with van der Waals surface area (Å²) in [7, 11) is -3.70. The summed E-state index contributed by atoms with van der Waals surface area (Å²) in [5, 5.41) is 0. The van der Waals surface area contributed by atoms with E-state index < -0.39 is 15.8 Å². The molecule has 94 valence electrons. The molecule has 0 bridgehead atoms. The lowest BCUT2D eigenvalue weighted by molar-refractivity contribution is 0.533. The van der Waals surface area contributed by atoms with Gasteiger partial charge in [-0.2, -0.15) is 0 Å². The molecule has 0 amide bonds. The summed E-state index contributed by atoms with van der Waals surface area (Å²) in [6.07, 6.45) is 3.91. The van der Waals surface area contributed by atoms with Gasteiger partial charge in [-0.3, -0.25) is 4.98 Å². The molecule has 1 aromatic heterocycles. The van der Waals surface area contributed by atoms with E-state index in [1.54, 1.807) is 0 Å². The fourth-order valence-electron chi connectivity index (χ4n) is 1.41. The summed E-state index contributed by atoms with van der Waals surface area (Å²) in [5.74, 6) is -0.247. The maximum absolute atomic E-state index is 12.9. The van der Waals surface area contributed by atoms with Crippen LogP contribution in [0, 0.1) is 11.2 Å². The van der Waals surface area contributed by atoms with E-state index in [1.165, 1.54) is 0 Å². The molecule has 1 heterocycles. The van der Waals surface area contributed by atoms with Crippen molar-refractivity contribution < 1.29 is 12.8 Å². The number of aromatic nitrogens is 1. The van der Waals surface area contributed by atoms with Crippen molar-refractivity contribution in [1.82, 2.24) is 9.71 Å². The molecule has 0 radical (unpaired) electrons. The SMILES string of the molecule is O=S(=O)(NCC1(CCl)CC1)c1cncc(F)c1. The van der Waals surface area contributed by atoms with Crippen LogP contribution in [-0.4, -0.2) is 25.8 Å². The van der Waals surface area contributed by atoms with Crippen LogP contribution in [-0.2, 0) is 10.0 Å². The van der Waals surface area contributed by atoms with Crippen LogP contribution in [0.25, 0.3) is 0 Å². The standard InChI is InChI=1S/C10H12ClFN2O2S/c11-6-10(1-2-10)7-14-17(15,16)9-3-8(12)4-13-5-9/h3-5,14H,1-2,6-7H2. The van der Waals surface area contributed by atoms with Gasteiger partial charge in [0.25, 0.3) is 0 Å².